The molecule has 1 aromatic carbocycles. The van der Waals surface area contributed by atoms with E-state index in [2.05, 4.69) is 4.98 Å². The average Bonchev–Trinajstić information content (AvgIpc) is 2.69. The second-order valence-corrected chi connectivity index (χ2v) is 6.30. The standard InChI is InChI=1S/C19H21ClN2O4/c1-24-10-11-26-18-7-4-15(12-21-18)19(23)22-8-9-25-13-17(22)14-2-5-16(20)6-3-14/h2-7,12,17H,8-11,13H2,1H3. The maximum atomic E-state index is 13.0. The van der Waals surface area contributed by atoms with Gasteiger partial charge in [0.1, 0.15) is 6.61 Å². The summed E-state index contributed by atoms with van der Waals surface area (Å²) >= 11 is 5.97. The number of carbonyl (C=O) groups excluding carboxylic acids is 1. The van der Waals surface area contributed by atoms with Gasteiger partial charge in [0.15, 0.2) is 0 Å². The van der Waals surface area contributed by atoms with Crippen LogP contribution in [0.2, 0.25) is 5.02 Å². The van der Waals surface area contributed by atoms with Crippen molar-refractivity contribution in [2.75, 3.05) is 40.1 Å². The minimum atomic E-state index is -0.147. The van der Waals surface area contributed by atoms with E-state index in [0.29, 0.717) is 49.4 Å². The first-order valence-electron chi connectivity index (χ1n) is 8.41. The average molecular weight is 377 g/mol. The van der Waals surface area contributed by atoms with E-state index in [1.807, 2.05) is 29.2 Å². The molecule has 1 saturated heterocycles. The molecule has 6 nitrogen and oxygen atoms in total. The molecule has 0 aliphatic carbocycles. The van der Waals surface area contributed by atoms with E-state index in [1.165, 1.54) is 0 Å². The number of rotatable bonds is 6. The summed E-state index contributed by atoms with van der Waals surface area (Å²) in [6.07, 6.45) is 1.54. The molecule has 1 unspecified atom stereocenters. The quantitative estimate of drug-likeness (QED) is 0.725. The zero-order chi connectivity index (χ0) is 18.4. The third kappa shape index (κ3) is 4.52. The van der Waals surface area contributed by atoms with Crippen LogP contribution in [0, 0.1) is 0 Å². The summed E-state index contributed by atoms with van der Waals surface area (Å²) in [5.41, 5.74) is 1.51. The van der Waals surface area contributed by atoms with Crippen molar-refractivity contribution in [1.29, 1.82) is 0 Å². The van der Waals surface area contributed by atoms with Crippen molar-refractivity contribution in [2.24, 2.45) is 0 Å². The molecule has 1 aliphatic rings. The summed E-state index contributed by atoms with van der Waals surface area (Å²) in [4.78, 5) is 19.0. The van der Waals surface area contributed by atoms with Crippen LogP contribution in [0.15, 0.2) is 42.6 Å². The molecule has 138 valence electrons. The van der Waals surface area contributed by atoms with Crippen molar-refractivity contribution in [3.63, 3.8) is 0 Å². The predicted octanol–water partition coefficient (Wildman–Crippen LogP) is 2.97. The Balaban J connectivity index is 1.73. The molecular weight excluding hydrogens is 356 g/mol. The Morgan fingerprint density at radius 2 is 2.08 bits per heavy atom. The van der Waals surface area contributed by atoms with E-state index in [-0.39, 0.29) is 11.9 Å². The van der Waals surface area contributed by atoms with Crippen molar-refractivity contribution in [2.45, 2.75) is 6.04 Å². The molecule has 1 aliphatic heterocycles. The van der Waals surface area contributed by atoms with Crippen molar-refractivity contribution >= 4 is 17.5 Å². The lowest BCUT2D eigenvalue weighted by Gasteiger charge is -2.36. The molecule has 1 atom stereocenters. The minimum absolute atomic E-state index is 0.0795. The van der Waals surface area contributed by atoms with Crippen LogP contribution in [0.4, 0.5) is 0 Å². The molecule has 1 fully saturated rings. The number of amides is 1. The molecule has 1 amide bonds. The number of hydrogen-bond donors (Lipinski definition) is 0. The lowest BCUT2D eigenvalue weighted by atomic mass is 10.0. The number of hydrogen-bond acceptors (Lipinski definition) is 5. The van der Waals surface area contributed by atoms with Crippen molar-refractivity contribution in [1.82, 2.24) is 9.88 Å². The van der Waals surface area contributed by atoms with Gasteiger partial charge in [0, 0.05) is 30.9 Å². The highest BCUT2D eigenvalue weighted by Gasteiger charge is 2.29. The Labute approximate surface area is 157 Å². The Kier molecular flexibility index (Phi) is 6.44. The Bertz CT molecular complexity index is 721. The van der Waals surface area contributed by atoms with Crippen LogP contribution in [0.3, 0.4) is 0 Å². The topological polar surface area (TPSA) is 60.9 Å². The van der Waals surface area contributed by atoms with E-state index in [0.717, 1.165) is 5.56 Å². The Hall–Kier alpha value is -2.15. The smallest absolute Gasteiger partial charge is 0.256 e. The van der Waals surface area contributed by atoms with Crippen LogP contribution in [0.1, 0.15) is 22.0 Å². The maximum absolute atomic E-state index is 13.0. The van der Waals surface area contributed by atoms with Gasteiger partial charge < -0.3 is 19.1 Å². The molecule has 0 saturated carbocycles. The van der Waals surface area contributed by atoms with E-state index in [9.17, 15) is 4.79 Å². The van der Waals surface area contributed by atoms with Gasteiger partial charge in [0.05, 0.1) is 31.4 Å². The number of benzene rings is 1. The van der Waals surface area contributed by atoms with Gasteiger partial charge >= 0.3 is 0 Å². The molecule has 0 radical (unpaired) electrons. The molecule has 0 spiro atoms. The van der Waals surface area contributed by atoms with Gasteiger partial charge in [0.25, 0.3) is 5.91 Å². The third-order valence-electron chi connectivity index (χ3n) is 4.16. The first-order valence-corrected chi connectivity index (χ1v) is 8.79. The highest BCUT2D eigenvalue weighted by molar-refractivity contribution is 6.30. The first-order chi connectivity index (χ1) is 12.7. The molecule has 2 aromatic rings. The second-order valence-electron chi connectivity index (χ2n) is 5.87. The monoisotopic (exact) mass is 376 g/mol. The van der Waals surface area contributed by atoms with Gasteiger partial charge in [-0.2, -0.15) is 0 Å². The first kappa shape index (κ1) is 18.6. The molecule has 3 rings (SSSR count). The van der Waals surface area contributed by atoms with Crippen LogP contribution in [0.5, 0.6) is 5.88 Å². The Morgan fingerprint density at radius 1 is 1.27 bits per heavy atom. The van der Waals surface area contributed by atoms with Gasteiger partial charge in [0.2, 0.25) is 5.88 Å². The number of carbonyl (C=O) groups is 1. The molecule has 26 heavy (non-hydrogen) atoms. The summed E-state index contributed by atoms with van der Waals surface area (Å²) < 4.78 is 15.9. The van der Waals surface area contributed by atoms with E-state index < -0.39 is 0 Å². The number of nitrogens with zero attached hydrogens (tertiary/aromatic N) is 2. The molecule has 1 aromatic heterocycles. The normalized spacial score (nSPS) is 17.2. The SMILES string of the molecule is COCCOc1ccc(C(=O)N2CCOCC2c2ccc(Cl)cc2)cn1. The number of pyridine rings is 1. The van der Waals surface area contributed by atoms with Crippen molar-refractivity contribution < 1.29 is 19.0 Å². The number of ether oxygens (including phenoxy) is 3. The highest BCUT2D eigenvalue weighted by Crippen LogP contribution is 2.27. The molecule has 0 N–H and O–H groups in total. The molecule has 0 bridgehead atoms. The number of morpholine rings is 1. The number of methoxy groups -OCH3 is 1. The summed E-state index contributed by atoms with van der Waals surface area (Å²) in [6, 6.07) is 10.8. The maximum Gasteiger partial charge on any atom is 0.256 e. The van der Waals surface area contributed by atoms with Gasteiger partial charge in [-0.25, -0.2) is 4.98 Å². The van der Waals surface area contributed by atoms with Crippen molar-refractivity contribution in [3.05, 3.63) is 58.7 Å². The highest BCUT2D eigenvalue weighted by atomic mass is 35.5. The summed E-state index contributed by atoms with van der Waals surface area (Å²) in [7, 11) is 1.61. The Morgan fingerprint density at radius 3 is 2.77 bits per heavy atom. The largest absolute Gasteiger partial charge is 0.475 e. The van der Waals surface area contributed by atoms with Gasteiger partial charge in [-0.05, 0) is 23.8 Å². The summed E-state index contributed by atoms with van der Waals surface area (Å²) in [5, 5.41) is 0.664. The number of halogens is 1. The van der Waals surface area contributed by atoms with Crippen LogP contribution in [-0.4, -0.2) is 55.9 Å². The number of aromatic nitrogens is 1. The lowest BCUT2D eigenvalue weighted by molar-refractivity contribution is -0.00272. The van der Waals surface area contributed by atoms with Crippen LogP contribution < -0.4 is 4.74 Å². The van der Waals surface area contributed by atoms with Gasteiger partial charge in [-0.3, -0.25) is 4.79 Å². The van der Waals surface area contributed by atoms with E-state index >= 15 is 0 Å². The summed E-state index contributed by atoms with van der Waals surface area (Å²) in [5.74, 6) is 0.388. The molecular formula is C19H21ClN2O4. The molecule has 2 heterocycles. The lowest BCUT2D eigenvalue weighted by Crippen LogP contribution is -2.43. The summed E-state index contributed by atoms with van der Waals surface area (Å²) in [6.45, 7) is 2.40. The fourth-order valence-electron chi connectivity index (χ4n) is 2.80. The zero-order valence-electron chi connectivity index (χ0n) is 14.6. The molecule has 7 heteroatoms. The predicted molar refractivity (Wildman–Crippen MR) is 97.7 cm³/mol. The third-order valence-corrected chi connectivity index (χ3v) is 4.42. The van der Waals surface area contributed by atoms with Gasteiger partial charge in [-0.1, -0.05) is 23.7 Å². The zero-order valence-corrected chi connectivity index (χ0v) is 15.3. The second kappa shape index (κ2) is 8.98. The van der Waals surface area contributed by atoms with Crippen LogP contribution >= 0.6 is 11.6 Å². The van der Waals surface area contributed by atoms with Gasteiger partial charge in [-0.15, -0.1) is 0 Å². The fraction of sp³-hybridized carbons (Fsp3) is 0.368. The van der Waals surface area contributed by atoms with E-state index in [4.69, 9.17) is 25.8 Å². The minimum Gasteiger partial charge on any atom is -0.475 e. The van der Waals surface area contributed by atoms with Crippen molar-refractivity contribution in [3.8, 4) is 5.88 Å². The van der Waals surface area contributed by atoms with E-state index in [1.54, 1.807) is 25.4 Å². The fourth-order valence-corrected chi connectivity index (χ4v) is 2.92. The van der Waals surface area contributed by atoms with Crippen LogP contribution in [-0.2, 0) is 9.47 Å². The van der Waals surface area contributed by atoms with Crippen LogP contribution in [0.25, 0.3) is 0 Å².